The summed E-state index contributed by atoms with van der Waals surface area (Å²) in [5.74, 6) is 0.147. The maximum absolute atomic E-state index is 13.2. The van der Waals surface area contributed by atoms with E-state index in [0.29, 0.717) is 22.4 Å². The average molecular weight is 282 g/mol. The molecule has 0 radical (unpaired) electrons. The highest BCUT2D eigenvalue weighted by molar-refractivity contribution is 9.10. The molecule has 0 amide bonds. The third-order valence-corrected chi connectivity index (χ3v) is 2.50. The van der Waals surface area contributed by atoms with Gasteiger partial charge in [-0.05, 0) is 24.3 Å². The minimum Gasteiger partial charge on any atom is -0.325 e. The van der Waals surface area contributed by atoms with Crippen LogP contribution >= 0.6 is 15.9 Å². The molecule has 2 N–H and O–H groups in total. The van der Waals surface area contributed by atoms with Gasteiger partial charge < -0.3 is 5.73 Å². The Bertz CT molecular complexity index is 496. The molecule has 0 unspecified atom stereocenters. The number of benzene rings is 1. The van der Waals surface area contributed by atoms with E-state index in [-0.39, 0.29) is 5.82 Å². The molecule has 0 spiro atoms. The van der Waals surface area contributed by atoms with Crippen LogP contribution in [0.1, 0.15) is 5.69 Å². The highest BCUT2D eigenvalue weighted by atomic mass is 79.9. The van der Waals surface area contributed by atoms with Crippen molar-refractivity contribution in [3.63, 3.8) is 0 Å². The molecule has 1 heterocycles. The minimum absolute atomic E-state index is 0.328. The van der Waals surface area contributed by atoms with Gasteiger partial charge in [-0.1, -0.05) is 15.9 Å². The van der Waals surface area contributed by atoms with E-state index in [2.05, 4.69) is 25.9 Å². The van der Waals surface area contributed by atoms with E-state index in [1.165, 1.54) is 12.1 Å². The van der Waals surface area contributed by atoms with Gasteiger partial charge in [0.1, 0.15) is 5.82 Å². The fraction of sp³-hybridized carbons (Fsp3) is 0.0909. The predicted octanol–water partition coefficient (Wildman–Crippen LogP) is 2.50. The van der Waals surface area contributed by atoms with E-state index < -0.39 is 0 Å². The first-order valence-corrected chi connectivity index (χ1v) is 5.47. The van der Waals surface area contributed by atoms with Crippen LogP contribution in [-0.4, -0.2) is 9.97 Å². The molecule has 0 saturated heterocycles. The second-order valence-corrected chi connectivity index (χ2v) is 4.15. The van der Waals surface area contributed by atoms with Crippen molar-refractivity contribution in [1.82, 2.24) is 9.97 Å². The van der Waals surface area contributed by atoms with Gasteiger partial charge in [0, 0.05) is 22.8 Å². The zero-order chi connectivity index (χ0) is 11.5. The van der Waals surface area contributed by atoms with Crippen LogP contribution in [0.4, 0.5) is 4.39 Å². The van der Waals surface area contributed by atoms with Gasteiger partial charge in [-0.3, -0.25) is 0 Å². The lowest BCUT2D eigenvalue weighted by atomic mass is 10.2. The first kappa shape index (κ1) is 11.2. The van der Waals surface area contributed by atoms with Crippen LogP contribution < -0.4 is 5.73 Å². The monoisotopic (exact) mass is 281 g/mol. The lowest BCUT2D eigenvalue weighted by Crippen LogP contribution is -2.01. The van der Waals surface area contributed by atoms with Crippen LogP contribution in [0, 0.1) is 5.82 Å². The topological polar surface area (TPSA) is 51.8 Å². The molecule has 0 saturated carbocycles. The van der Waals surface area contributed by atoms with E-state index in [9.17, 15) is 4.39 Å². The Morgan fingerprint density at radius 1 is 1.31 bits per heavy atom. The van der Waals surface area contributed by atoms with E-state index in [1.54, 1.807) is 18.3 Å². The summed E-state index contributed by atoms with van der Waals surface area (Å²) in [6, 6.07) is 6.27. The Kier molecular flexibility index (Phi) is 3.26. The summed E-state index contributed by atoms with van der Waals surface area (Å²) in [5, 5.41) is 0. The smallest absolute Gasteiger partial charge is 0.159 e. The number of nitrogens with zero attached hydrogens (tertiary/aromatic N) is 2. The predicted molar refractivity (Wildman–Crippen MR) is 63.0 cm³/mol. The molecule has 3 nitrogen and oxygen atoms in total. The summed E-state index contributed by atoms with van der Waals surface area (Å²) < 4.78 is 13.8. The van der Waals surface area contributed by atoms with Crippen LogP contribution in [0.15, 0.2) is 34.9 Å². The van der Waals surface area contributed by atoms with Gasteiger partial charge in [0.25, 0.3) is 0 Å². The van der Waals surface area contributed by atoms with Crippen LogP contribution in [-0.2, 0) is 6.54 Å². The molecule has 0 fully saturated rings. The summed E-state index contributed by atoms with van der Waals surface area (Å²) in [4.78, 5) is 8.31. The molecular weight excluding hydrogens is 273 g/mol. The average Bonchev–Trinajstić information content (AvgIpc) is 2.28. The summed E-state index contributed by atoms with van der Waals surface area (Å²) in [6.07, 6.45) is 1.61. The number of hydrogen-bond donors (Lipinski definition) is 1. The van der Waals surface area contributed by atoms with Crippen molar-refractivity contribution < 1.29 is 4.39 Å². The zero-order valence-electron chi connectivity index (χ0n) is 8.32. The van der Waals surface area contributed by atoms with Gasteiger partial charge >= 0.3 is 0 Å². The Morgan fingerprint density at radius 2 is 2.12 bits per heavy atom. The SMILES string of the molecule is NCc1ccnc(-c2cc(F)cc(Br)c2)n1. The molecule has 2 rings (SSSR count). The standard InChI is InChI=1S/C11H9BrFN3/c12-8-3-7(4-9(13)5-8)11-15-2-1-10(6-14)16-11/h1-5H,6,14H2. The first-order valence-electron chi connectivity index (χ1n) is 4.67. The third-order valence-electron chi connectivity index (χ3n) is 2.04. The molecule has 1 aromatic heterocycles. The van der Waals surface area contributed by atoms with Crippen molar-refractivity contribution >= 4 is 15.9 Å². The Hall–Kier alpha value is -1.33. The van der Waals surface area contributed by atoms with E-state index in [4.69, 9.17) is 5.73 Å². The highest BCUT2D eigenvalue weighted by Crippen LogP contribution is 2.21. The van der Waals surface area contributed by atoms with E-state index in [0.717, 1.165) is 5.69 Å². The highest BCUT2D eigenvalue weighted by Gasteiger charge is 2.05. The molecule has 2 aromatic rings. The van der Waals surface area contributed by atoms with Crippen molar-refractivity contribution in [1.29, 1.82) is 0 Å². The number of nitrogens with two attached hydrogens (primary N) is 1. The number of aromatic nitrogens is 2. The molecule has 0 atom stereocenters. The lowest BCUT2D eigenvalue weighted by molar-refractivity contribution is 0.627. The lowest BCUT2D eigenvalue weighted by Gasteiger charge is -2.03. The maximum Gasteiger partial charge on any atom is 0.159 e. The van der Waals surface area contributed by atoms with Crippen molar-refractivity contribution in [2.75, 3.05) is 0 Å². The number of rotatable bonds is 2. The van der Waals surface area contributed by atoms with Gasteiger partial charge in [-0.15, -0.1) is 0 Å². The molecule has 5 heteroatoms. The Morgan fingerprint density at radius 3 is 2.81 bits per heavy atom. The van der Waals surface area contributed by atoms with Gasteiger partial charge in [0.15, 0.2) is 5.82 Å². The third kappa shape index (κ3) is 2.43. The zero-order valence-corrected chi connectivity index (χ0v) is 9.91. The molecule has 0 bridgehead atoms. The summed E-state index contributed by atoms with van der Waals surface area (Å²) in [6.45, 7) is 0.339. The number of halogens is 2. The Labute approximate surface area is 101 Å². The second-order valence-electron chi connectivity index (χ2n) is 3.23. The van der Waals surface area contributed by atoms with Crippen molar-refractivity contribution in [3.8, 4) is 11.4 Å². The van der Waals surface area contributed by atoms with Crippen LogP contribution in [0.25, 0.3) is 11.4 Å². The maximum atomic E-state index is 13.2. The quantitative estimate of drug-likeness (QED) is 0.920. The van der Waals surface area contributed by atoms with E-state index >= 15 is 0 Å². The van der Waals surface area contributed by atoms with Crippen LogP contribution in [0.2, 0.25) is 0 Å². The van der Waals surface area contributed by atoms with Gasteiger partial charge in [0.05, 0.1) is 5.69 Å². The fourth-order valence-electron chi connectivity index (χ4n) is 1.33. The van der Waals surface area contributed by atoms with Gasteiger partial charge in [-0.25, -0.2) is 14.4 Å². The second kappa shape index (κ2) is 4.67. The molecular formula is C11H9BrFN3. The first-order chi connectivity index (χ1) is 7.69. The van der Waals surface area contributed by atoms with Gasteiger partial charge in [0.2, 0.25) is 0 Å². The molecule has 1 aromatic carbocycles. The van der Waals surface area contributed by atoms with Crippen LogP contribution in [0.5, 0.6) is 0 Å². The molecule has 0 aliphatic carbocycles. The molecule has 0 aliphatic rings. The van der Waals surface area contributed by atoms with Crippen molar-refractivity contribution in [2.45, 2.75) is 6.54 Å². The fourth-order valence-corrected chi connectivity index (χ4v) is 1.80. The molecule has 0 aliphatic heterocycles. The number of hydrogen-bond acceptors (Lipinski definition) is 3. The molecule has 82 valence electrons. The van der Waals surface area contributed by atoms with Crippen molar-refractivity contribution in [2.24, 2.45) is 5.73 Å². The summed E-state index contributed by atoms with van der Waals surface area (Å²) in [5.41, 5.74) is 6.84. The normalized spacial score (nSPS) is 10.4. The summed E-state index contributed by atoms with van der Waals surface area (Å²) in [7, 11) is 0. The van der Waals surface area contributed by atoms with Crippen molar-refractivity contribution in [3.05, 3.63) is 46.4 Å². The Balaban J connectivity index is 2.49. The molecule has 16 heavy (non-hydrogen) atoms. The van der Waals surface area contributed by atoms with Gasteiger partial charge in [-0.2, -0.15) is 0 Å². The van der Waals surface area contributed by atoms with Crippen LogP contribution in [0.3, 0.4) is 0 Å². The summed E-state index contributed by atoms with van der Waals surface area (Å²) >= 11 is 3.23. The largest absolute Gasteiger partial charge is 0.325 e. The van der Waals surface area contributed by atoms with E-state index in [1.807, 2.05) is 0 Å². The minimum atomic E-state index is -0.328.